The summed E-state index contributed by atoms with van der Waals surface area (Å²) in [6.07, 6.45) is 0. The van der Waals surface area contributed by atoms with Crippen LogP contribution in [0.3, 0.4) is 0 Å². The van der Waals surface area contributed by atoms with E-state index in [1.54, 1.807) is 25.1 Å². The molecule has 0 saturated carbocycles. The smallest absolute Gasteiger partial charge is 0.338 e. The number of hydrogen-bond acceptors (Lipinski definition) is 4. The average Bonchev–Trinajstić information content (AvgIpc) is 2.41. The van der Waals surface area contributed by atoms with Gasteiger partial charge in [-0.2, -0.15) is 0 Å². The van der Waals surface area contributed by atoms with E-state index in [1.807, 2.05) is 24.3 Å². The molecule has 2 rings (SSSR count). The molecule has 3 nitrogen and oxygen atoms in total. The molecule has 2 aromatic rings. The minimum absolute atomic E-state index is 0.330. The fourth-order valence-corrected chi connectivity index (χ4v) is 3.13. The van der Waals surface area contributed by atoms with Gasteiger partial charge in [-0.25, -0.2) is 4.79 Å². The van der Waals surface area contributed by atoms with E-state index in [0.29, 0.717) is 17.9 Å². The van der Waals surface area contributed by atoms with Crippen LogP contribution in [0.2, 0.25) is 0 Å². The van der Waals surface area contributed by atoms with Crippen molar-refractivity contribution in [3.05, 3.63) is 52.5 Å². The largest absolute Gasteiger partial charge is 0.462 e. The molecule has 0 spiro atoms. The van der Waals surface area contributed by atoms with E-state index in [9.17, 15) is 4.79 Å². The first-order chi connectivity index (χ1) is 9.60. The second kappa shape index (κ2) is 6.81. The quantitative estimate of drug-likeness (QED) is 0.656. The standard InChI is InChI=1S/C15H14BrNO2S/c1-2-19-15(18)10-6-7-13(17)14(8-10)20-12-5-3-4-11(16)9-12/h3-9H,2,17H2,1H3. The van der Waals surface area contributed by atoms with E-state index in [1.165, 1.54) is 11.8 Å². The van der Waals surface area contributed by atoms with Crippen molar-refractivity contribution in [1.82, 2.24) is 0 Å². The monoisotopic (exact) mass is 351 g/mol. The molecule has 2 N–H and O–H groups in total. The molecule has 104 valence electrons. The third-order valence-corrected chi connectivity index (χ3v) is 4.10. The highest BCUT2D eigenvalue weighted by molar-refractivity contribution is 9.10. The zero-order valence-corrected chi connectivity index (χ0v) is 13.3. The maximum absolute atomic E-state index is 11.7. The van der Waals surface area contributed by atoms with E-state index in [-0.39, 0.29) is 5.97 Å². The van der Waals surface area contributed by atoms with E-state index in [4.69, 9.17) is 10.5 Å². The van der Waals surface area contributed by atoms with Gasteiger partial charge >= 0.3 is 5.97 Å². The SMILES string of the molecule is CCOC(=O)c1ccc(N)c(Sc2cccc(Br)c2)c1. The Morgan fingerprint density at radius 1 is 1.30 bits per heavy atom. The van der Waals surface area contributed by atoms with Crippen molar-refractivity contribution in [1.29, 1.82) is 0 Å². The Hall–Kier alpha value is -1.46. The van der Waals surface area contributed by atoms with Crippen LogP contribution in [0.5, 0.6) is 0 Å². The van der Waals surface area contributed by atoms with Gasteiger partial charge in [0.1, 0.15) is 0 Å². The van der Waals surface area contributed by atoms with Gasteiger partial charge in [-0.05, 0) is 43.3 Å². The molecule has 0 atom stereocenters. The van der Waals surface area contributed by atoms with E-state index in [2.05, 4.69) is 15.9 Å². The lowest BCUT2D eigenvalue weighted by molar-refractivity contribution is 0.0526. The lowest BCUT2D eigenvalue weighted by atomic mass is 10.2. The van der Waals surface area contributed by atoms with Gasteiger partial charge in [0.25, 0.3) is 0 Å². The number of rotatable bonds is 4. The number of nitrogen functional groups attached to an aromatic ring is 1. The van der Waals surface area contributed by atoms with Gasteiger partial charge in [0, 0.05) is 20.0 Å². The van der Waals surface area contributed by atoms with Crippen molar-refractivity contribution in [2.24, 2.45) is 0 Å². The summed E-state index contributed by atoms with van der Waals surface area (Å²) in [6.45, 7) is 2.14. The summed E-state index contributed by atoms with van der Waals surface area (Å²) in [5.41, 5.74) is 7.12. The van der Waals surface area contributed by atoms with Crippen molar-refractivity contribution in [2.75, 3.05) is 12.3 Å². The number of halogens is 1. The number of carbonyl (C=O) groups is 1. The summed E-state index contributed by atoms with van der Waals surface area (Å²) >= 11 is 4.95. The maximum atomic E-state index is 11.7. The van der Waals surface area contributed by atoms with Crippen molar-refractivity contribution >= 4 is 39.3 Å². The Balaban J connectivity index is 2.27. The number of hydrogen-bond donors (Lipinski definition) is 1. The predicted octanol–water partition coefficient (Wildman–Crippen LogP) is 4.36. The molecular weight excluding hydrogens is 338 g/mol. The van der Waals surface area contributed by atoms with E-state index in [0.717, 1.165) is 14.3 Å². The molecule has 0 unspecified atom stereocenters. The minimum atomic E-state index is -0.330. The van der Waals surface area contributed by atoms with Crippen molar-refractivity contribution in [3.8, 4) is 0 Å². The molecule has 0 amide bonds. The lowest BCUT2D eigenvalue weighted by Crippen LogP contribution is -2.05. The number of carbonyl (C=O) groups excluding carboxylic acids is 1. The summed E-state index contributed by atoms with van der Waals surface area (Å²) in [5.74, 6) is -0.330. The third-order valence-electron chi connectivity index (χ3n) is 2.55. The van der Waals surface area contributed by atoms with Crippen LogP contribution in [-0.2, 0) is 4.74 Å². The number of nitrogens with two attached hydrogens (primary N) is 1. The molecule has 0 aliphatic heterocycles. The lowest BCUT2D eigenvalue weighted by Gasteiger charge is -2.08. The summed E-state index contributed by atoms with van der Waals surface area (Å²) in [4.78, 5) is 13.6. The highest BCUT2D eigenvalue weighted by Gasteiger charge is 2.10. The zero-order chi connectivity index (χ0) is 14.5. The highest BCUT2D eigenvalue weighted by atomic mass is 79.9. The molecule has 0 aromatic heterocycles. The molecular formula is C15H14BrNO2S. The Morgan fingerprint density at radius 2 is 2.10 bits per heavy atom. The average molecular weight is 352 g/mol. The van der Waals surface area contributed by atoms with E-state index >= 15 is 0 Å². The maximum Gasteiger partial charge on any atom is 0.338 e. The van der Waals surface area contributed by atoms with Crippen LogP contribution in [0.4, 0.5) is 5.69 Å². The summed E-state index contributed by atoms with van der Waals surface area (Å²) in [7, 11) is 0. The van der Waals surface area contributed by atoms with Gasteiger partial charge in [0.05, 0.1) is 12.2 Å². The van der Waals surface area contributed by atoms with Crippen LogP contribution >= 0.6 is 27.7 Å². The number of ether oxygens (including phenoxy) is 1. The Kier molecular flexibility index (Phi) is 5.09. The van der Waals surface area contributed by atoms with Crippen molar-refractivity contribution in [3.63, 3.8) is 0 Å². The first kappa shape index (κ1) is 14.9. The van der Waals surface area contributed by atoms with Gasteiger partial charge in [-0.3, -0.25) is 0 Å². The first-order valence-corrected chi connectivity index (χ1v) is 7.71. The molecule has 20 heavy (non-hydrogen) atoms. The number of anilines is 1. The number of esters is 1. The Morgan fingerprint density at radius 3 is 2.80 bits per heavy atom. The second-order valence-corrected chi connectivity index (χ2v) is 6.06. The summed E-state index contributed by atoms with van der Waals surface area (Å²) in [6, 6.07) is 13.1. The summed E-state index contributed by atoms with van der Waals surface area (Å²) in [5, 5.41) is 0. The van der Waals surface area contributed by atoms with Gasteiger partial charge in [0.2, 0.25) is 0 Å². The number of benzene rings is 2. The molecule has 2 aromatic carbocycles. The predicted molar refractivity (Wildman–Crippen MR) is 85.1 cm³/mol. The van der Waals surface area contributed by atoms with Crippen LogP contribution in [-0.4, -0.2) is 12.6 Å². The van der Waals surface area contributed by atoms with Gasteiger partial charge in [0.15, 0.2) is 0 Å². The summed E-state index contributed by atoms with van der Waals surface area (Å²) < 4.78 is 6.00. The van der Waals surface area contributed by atoms with Gasteiger partial charge in [-0.1, -0.05) is 33.8 Å². The Bertz CT molecular complexity index is 631. The molecule has 0 saturated heterocycles. The fourth-order valence-electron chi connectivity index (χ4n) is 1.62. The van der Waals surface area contributed by atoms with Crippen LogP contribution in [0, 0.1) is 0 Å². The van der Waals surface area contributed by atoms with Crippen LogP contribution < -0.4 is 5.73 Å². The second-order valence-electron chi connectivity index (χ2n) is 4.03. The van der Waals surface area contributed by atoms with E-state index < -0.39 is 0 Å². The van der Waals surface area contributed by atoms with Crippen molar-refractivity contribution < 1.29 is 9.53 Å². The van der Waals surface area contributed by atoms with Crippen LogP contribution in [0.25, 0.3) is 0 Å². The Labute approximate surface area is 130 Å². The normalized spacial score (nSPS) is 10.3. The van der Waals surface area contributed by atoms with Gasteiger partial charge in [-0.15, -0.1) is 0 Å². The highest BCUT2D eigenvalue weighted by Crippen LogP contribution is 2.34. The topological polar surface area (TPSA) is 52.3 Å². The van der Waals surface area contributed by atoms with Crippen LogP contribution in [0.15, 0.2) is 56.7 Å². The molecule has 0 radical (unpaired) electrons. The van der Waals surface area contributed by atoms with Crippen molar-refractivity contribution in [2.45, 2.75) is 16.7 Å². The zero-order valence-electron chi connectivity index (χ0n) is 10.9. The molecule has 0 bridgehead atoms. The molecule has 0 fully saturated rings. The molecule has 0 aliphatic rings. The molecule has 0 heterocycles. The third kappa shape index (κ3) is 3.77. The first-order valence-electron chi connectivity index (χ1n) is 6.10. The molecule has 0 aliphatic carbocycles. The van der Waals surface area contributed by atoms with Crippen LogP contribution in [0.1, 0.15) is 17.3 Å². The van der Waals surface area contributed by atoms with Gasteiger partial charge < -0.3 is 10.5 Å². The molecule has 5 heteroatoms. The fraction of sp³-hybridized carbons (Fsp3) is 0.133. The minimum Gasteiger partial charge on any atom is -0.462 e.